The van der Waals surface area contributed by atoms with Gasteiger partial charge in [0.25, 0.3) is 11.8 Å². The summed E-state index contributed by atoms with van der Waals surface area (Å²) in [6.45, 7) is 1.77. The molecule has 1 fully saturated rings. The maximum absolute atomic E-state index is 13.1. The van der Waals surface area contributed by atoms with Gasteiger partial charge in [-0.05, 0) is 18.2 Å². The summed E-state index contributed by atoms with van der Waals surface area (Å²) >= 11 is 2.54. The molecule has 2 unspecified atom stereocenters. The number of rotatable bonds is 7. The highest BCUT2D eigenvalue weighted by atomic mass is 32.2. The molecule has 3 aliphatic heterocycles. The highest BCUT2D eigenvalue weighted by molar-refractivity contribution is 8.00. The minimum Gasteiger partial charge on any atom is -0.508 e. The van der Waals surface area contributed by atoms with Crippen molar-refractivity contribution in [3.05, 3.63) is 51.7 Å². The molecule has 0 bridgehead atoms. The third-order valence-electron chi connectivity index (χ3n) is 6.57. The third kappa shape index (κ3) is 4.51. The molecule has 5 N–H and O–H groups in total. The van der Waals surface area contributed by atoms with Gasteiger partial charge in [-0.15, -0.1) is 23.1 Å². The molecule has 0 saturated carbocycles. The number of oxime groups is 1. The van der Waals surface area contributed by atoms with Crippen molar-refractivity contribution in [2.75, 3.05) is 32.2 Å². The van der Waals surface area contributed by atoms with E-state index < -0.39 is 29.2 Å². The van der Waals surface area contributed by atoms with E-state index in [-0.39, 0.29) is 28.0 Å². The second kappa shape index (κ2) is 9.36. The number of aromatic nitrogens is 1. The first-order valence-electron chi connectivity index (χ1n) is 11.3. The zero-order chi connectivity index (χ0) is 26.5. The van der Waals surface area contributed by atoms with E-state index in [1.54, 1.807) is 17.5 Å². The molecule has 12 nitrogen and oxygen atoms in total. The van der Waals surface area contributed by atoms with E-state index in [9.17, 15) is 24.6 Å². The number of fused-ring (bicyclic) bond motifs is 2. The van der Waals surface area contributed by atoms with Crippen molar-refractivity contribution in [1.29, 1.82) is 0 Å². The lowest BCUT2D eigenvalue weighted by molar-refractivity contribution is -0.924. The fraction of sp³-hybridized carbons (Fsp3) is 0.348. The Labute approximate surface area is 220 Å². The molecule has 194 valence electrons. The molecule has 2 amide bonds. The Balaban J connectivity index is 1.34. The highest BCUT2D eigenvalue weighted by Gasteiger charge is 2.55. The zero-order valence-corrected chi connectivity index (χ0v) is 21.6. The molecule has 0 radical (unpaired) electrons. The second-order valence-corrected chi connectivity index (χ2v) is 11.4. The Hall–Kier alpha value is -3.62. The Kier molecular flexibility index (Phi) is 6.33. The number of phenolic OH excluding ortho intramolecular Hbond substituents is 1. The van der Waals surface area contributed by atoms with E-state index in [0.717, 1.165) is 22.5 Å². The average Bonchev–Trinajstić information content (AvgIpc) is 3.41. The smallest absolute Gasteiger partial charge is 0.352 e. The molecule has 4 heterocycles. The molecule has 5 rings (SSSR count). The van der Waals surface area contributed by atoms with Crippen molar-refractivity contribution < 1.29 is 33.9 Å². The summed E-state index contributed by atoms with van der Waals surface area (Å²) < 4.78 is 0.534. The van der Waals surface area contributed by atoms with Crippen LogP contribution in [0.2, 0.25) is 0 Å². The molecular weight excluding hydrogens is 520 g/mol. The number of likely N-dealkylation sites (N-methyl/N-ethyl adjacent to an activating group) is 1. The number of benzene rings is 1. The summed E-state index contributed by atoms with van der Waals surface area (Å²) in [5, 5.41) is 27.5. The number of hydrogen-bond donors (Lipinski definition) is 4. The van der Waals surface area contributed by atoms with Gasteiger partial charge in [-0.1, -0.05) is 5.16 Å². The van der Waals surface area contributed by atoms with Crippen LogP contribution in [0.1, 0.15) is 16.8 Å². The fourth-order valence-corrected chi connectivity index (χ4v) is 6.95. The fourth-order valence-electron chi connectivity index (χ4n) is 5.07. The van der Waals surface area contributed by atoms with Gasteiger partial charge in [0.2, 0.25) is 0 Å². The zero-order valence-electron chi connectivity index (χ0n) is 20.0. The van der Waals surface area contributed by atoms with Crippen LogP contribution in [0.4, 0.5) is 5.13 Å². The molecule has 1 aromatic heterocycles. The van der Waals surface area contributed by atoms with Gasteiger partial charge in [0.05, 0.1) is 7.05 Å². The Morgan fingerprint density at radius 2 is 2.11 bits per heavy atom. The number of nitrogens with zero attached hydrogens (tertiary/aromatic N) is 4. The number of carbonyl (C=O) groups is 3. The summed E-state index contributed by atoms with van der Waals surface area (Å²) in [5.41, 5.74) is 8.51. The van der Waals surface area contributed by atoms with E-state index in [0.29, 0.717) is 35.4 Å². The molecule has 14 heteroatoms. The van der Waals surface area contributed by atoms with E-state index in [1.165, 1.54) is 23.8 Å². The maximum atomic E-state index is 13.1. The topological polar surface area (TPSA) is 167 Å². The lowest BCUT2D eigenvalue weighted by Crippen LogP contribution is -2.71. The van der Waals surface area contributed by atoms with E-state index in [4.69, 9.17) is 10.6 Å². The van der Waals surface area contributed by atoms with Crippen LogP contribution in [0, 0.1) is 0 Å². The predicted molar refractivity (Wildman–Crippen MR) is 136 cm³/mol. The van der Waals surface area contributed by atoms with Crippen LogP contribution in [-0.2, 0) is 32.3 Å². The van der Waals surface area contributed by atoms with Gasteiger partial charge in [-0.25, -0.2) is 9.78 Å². The summed E-state index contributed by atoms with van der Waals surface area (Å²) in [6, 6.07) is 4.36. The predicted octanol–water partition coefficient (Wildman–Crippen LogP) is 0.680. The molecule has 1 aromatic carbocycles. The molecule has 0 aliphatic carbocycles. The van der Waals surface area contributed by atoms with Crippen LogP contribution in [0.3, 0.4) is 0 Å². The number of nitrogens with one attached hydrogen (secondary N) is 1. The van der Waals surface area contributed by atoms with Crippen LogP contribution >= 0.6 is 23.1 Å². The minimum atomic E-state index is -1.18. The second-order valence-electron chi connectivity index (χ2n) is 9.36. The van der Waals surface area contributed by atoms with Crippen molar-refractivity contribution in [3.63, 3.8) is 0 Å². The first-order valence-corrected chi connectivity index (χ1v) is 13.2. The molecule has 37 heavy (non-hydrogen) atoms. The molecule has 3 atom stereocenters. The number of phenols is 1. The van der Waals surface area contributed by atoms with Gasteiger partial charge in [-0.3, -0.25) is 14.5 Å². The summed E-state index contributed by atoms with van der Waals surface area (Å²) in [7, 11) is 3.31. The molecule has 2 aromatic rings. The van der Waals surface area contributed by atoms with Gasteiger partial charge < -0.3 is 30.6 Å². The average molecular weight is 546 g/mol. The third-order valence-corrected chi connectivity index (χ3v) is 8.58. The van der Waals surface area contributed by atoms with Gasteiger partial charge in [0.1, 0.15) is 55.3 Å². The molecular formula is C23H25N6O6S2+. The Morgan fingerprint density at radius 3 is 2.78 bits per heavy atom. The first-order chi connectivity index (χ1) is 17.6. The Morgan fingerprint density at radius 1 is 1.35 bits per heavy atom. The molecule has 0 spiro atoms. The van der Waals surface area contributed by atoms with Crippen molar-refractivity contribution in [2.24, 2.45) is 5.16 Å². The summed E-state index contributed by atoms with van der Waals surface area (Å²) in [4.78, 5) is 48.4. The van der Waals surface area contributed by atoms with Crippen LogP contribution < -0.4 is 11.1 Å². The number of quaternary nitrogens is 1. The number of carboxylic acid groups (broad SMARTS) is 1. The number of hydrogen-bond acceptors (Lipinski definition) is 10. The largest absolute Gasteiger partial charge is 0.508 e. The van der Waals surface area contributed by atoms with Crippen molar-refractivity contribution in [1.82, 2.24) is 15.2 Å². The molecule has 1 saturated heterocycles. The van der Waals surface area contributed by atoms with E-state index >= 15 is 0 Å². The van der Waals surface area contributed by atoms with Crippen LogP contribution in [0.25, 0.3) is 0 Å². The van der Waals surface area contributed by atoms with Crippen LogP contribution in [0.5, 0.6) is 5.75 Å². The maximum Gasteiger partial charge on any atom is 0.352 e. The van der Waals surface area contributed by atoms with E-state index in [2.05, 4.69) is 15.5 Å². The summed E-state index contributed by atoms with van der Waals surface area (Å²) in [5.74, 6) is -1.76. The van der Waals surface area contributed by atoms with Crippen LogP contribution in [0.15, 0.2) is 40.0 Å². The number of amides is 2. The quantitative estimate of drug-likeness (QED) is 0.169. The van der Waals surface area contributed by atoms with Crippen molar-refractivity contribution in [2.45, 2.75) is 24.5 Å². The summed E-state index contributed by atoms with van der Waals surface area (Å²) in [6.07, 6.45) is 0. The van der Waals surface area contributed by atoms with Crippen LogP contribution in [-0.4, -0.2) is 85.9 Å². The number of β-lactam (4-membered cyclic amide) rings is 1. The number of nitrogen functional groups attached to an aromatic ring is 1. The Bertz CT molecular complexity index is 1370. The number of carboxylic acids is 1. The number of thioether (sulfide) groups is 1. The number of aliphatic carboxylic acids is 1. The van der Waals surface area contributed by atoms with Crippen molar-refractivity contribution >= 4 is 51.7 Å². The number of aromatic hydroxyl groups is 1. The first kappa shape index (κ1) is 25.0. The van der Waals surface area contributed by atoms with E-state index in [1.807, 2.05) is 13.1 Å². The lowest BCUT2D eigenvalue weighted by Gasteiger charge is -2.49. The normalized spacial score (nSPS) is 24.9. The van der Waals surface area contributed by atoms with Gasteiger partial charge in [0.15, 0.2) is 10.8 Å². The monoisotopic (exact) mass is 545 g/mol. The number of thiazole rings is 1. The lowest BCUT2D eigenvalue weighted by atomic mass is 10.0. The number of carbonyl (C=O) groups excluding carboxylic acids is 2. The SMILES string of the molecule is CO/N=C(\C(=O)NC1C(=O)N2C(C(=O)O)=C(C[N+]3(C)Cc4ccc(O)cc4C3)CS[C@H]12)c1csc(N)n1. The van der Waals surface area contributed by atoms with Gasteiger partial charge in [-0.2, -0.15) is 0 Å². The number of nitrogens with two attached hydrogens (primary N) is 1. The standard InChI is InChI=1S/C23H24N6O6S2/c1-29(6-11-3-4-14(30)5-12(11)7-29)8-13-9-36-21-17(20(32)28(21)18(13)22(33)34)26-19(31)16(27-35-2)15-10-37-23(24)25-15/h3-5,10,17,21H,6-9H2,1-2H3,(H4-,24,25,26,30,31,33,34)/p+1/b27-16-/t17?,21-,29?/m1/s1. The molecule has 3 aliphatic rings. The van der Waals surface area contributed by atoms with Gasteiger partial charge in [0, 0.05) is 27.8 Å². The van der Waals surface area contributed by atoms with Gasteiger partial charge >= 0.3 is 5.97 Å². The minimum absolute atomic E-state index is 0.0320. The van der Waals surface area contributed by atoms with Crippen molar-refractivity contribution in [3.8, 4) is 5.75 Å². The highest BCUT2D eigenvalue weighted by Crippen LogP contribution is 2.42. The number of anilines is 1.